The standard InChI is InChI=1S/C16H14N6O3/c23-16(19-8-6-13-3-1-2-7-18-13)12-4-5-14(15(9-12)22(24)25)21-11-17-10-20-21/h1-5,7,9-11H,6,8H2,(H,19,23). The van der Waals surface area contributed by atoms with Crippen molar-refractivity contribution in [1.82, 2.24) is 25.1 Å². The summed E-state index contributed by atoms with van der Waals surface area (Å²) in [4.78, 5) is 30.9. The lowest BCUT2D eigenvalue weighted by molar-refractivity contribution is -0.384. The summed E-state index contributed by atoms with van der Waals surface area (Å²) >= 11 is 0. The van der Waals surface area contributed by atoms with E-state index in [9.17, 15) is 14.9 Å². The Labute approximate surface area is 142 Å². The summed E-state index contributed by atoms with van der Waals surface area (Å²) in [5.74, 6) is -0.385. The van der Waals surface area contributed by atoms with E-state index in [0.717, 1.165) is 5.69 Å². The molecule has 0 fully saturated rings. The smallest absolute Gasteiger partial charge is 0.295 e. The third-order valence-corrected chi connectivity index (χ3v) is 3.49. The van der Waals surface area contributed by atoms with Crippen molar-refractivity contribution in [1.29, 1.82) is 0 Å². The van der Waals surface area contributed by atoms with Crippen LogP contribution < -0.4 is 5.32 Å². The zero-order chi connectivity index (χ0) is 17.6. The molecule has 25 heavy (non-hydrogen) atoms. The Bertz CT molecular complexity index is 880. The molecule has 0 unspecified atom stereocenters. The molecule has 1 N–H and O–H groups in total. The molecule has 2 heterocycles. The first-order valence-corrected chi connectivity index (χ1v) is 7.46. The summed E-state index contributed by atoms with van der Waals surface area (Å²) in [7, 11) is 0. The van der Waals surface area contributed by atoms with Crippen LogP contribution in [0.1, 0.15) is 16.1 Å². The fourth-order valence-electron chi connectivity index (χ4n) is 2.29. The largest absolute Gasteiger partial charge is 0.352 e. The van der Waals surface area contributed by atoms with E-state index in [0.29, 0.717) is 13.0 Å². The maximum Gasteiger partial charge on any atom is 0.295 e. The minimum absolute atomic E-state index is 0.205. The number of rotatable bonds is 6. The second-order valence-corrected chi connectivity index (χ2v) is 5.13. The molecular formula is C16H14N6O3. The van der Waals surface area contributed by atoms with Crippen molar-refractivity contribution >= 4 is 11.6 Å². The molecule has 1 aromatic carbocycles. The first-order chi connectivity index (χ1) is 12.1. The van der Waals surface area contributed by atoms with Gasteiger partial charge in [0.1, 0.15) is 18.3 Å². The molecular weight excluding hydrogens is 324 g/mol. The summed E-state index contributed by atoms with van der Waals surface area (Å²) in [6.07, 6.45) is 4.89. The molecule has 2 aromatic heterocycles. The van der Waals surface area contributed by atoms with Gasteiger partial charge in [-0.15, -0.1) is 0 Å². The average Bonchev–Trinajstić information content (AvgIpc) is 3.16. The molecule has 0 aliphatic carbocycles. The average molecular weight is 338 g/mol. The molecule has 3 aromatic rings. The van der Waals surface area contributed by atoms with Crippen LogP contribution in [0, 0.1) is 10.1 Å². The maximum atomic E-state index is 12.2. The summed E-state index contributed by atoms with van der Waals surface area (Å²) in [6.45, 7) is 0.383. The Balaban J connectivity index is 1.72. The Kier molecular flexibility index (Phi) is 4.74. The van der Waals surface area contributed by atoms with Crippen LogP contribution in [0.25, 0.3) is 5.69 Å². The van der Waals surface area contributed by atoms with Crippen molar-refractivity contribution < 1.29 is 9.72 Å². The first kappa shape index (κ1) is 16.2. The van der Waals surface area contributed by atoms with Gasteiger partial charge < -0.3 is 5.32 Å². The summed E-state index contributed by atoms with van der Waals surface area (Å²) in [5, 5.41) is 17.9. The summed E-state index contributed by atoms with van der Waals surface area (Å²) in [5.41, 5.74) is 1.09. The number of nitro groups is 1. The molecule has 0 saturated carbocycles. The molecule has 1 amide bonds. The molecule has 9 nitrogen and oxygen atoms in total. The normalized spacial score (nSPS) is 10.4. The van der Waals surface area contributed by atoms with E-state index in [1.54, 1.807) is 6.20 Å². The van der Waals surface area contributed by atoms with Crippen molar-refractivity contribution in [3.63, 3.8) is 0 Å². The maximum absolute atomic E-state index is 12.2. The molecule has 0 aliphatic heterocycles. The Hall–Kier alpha value is -3.62. The van der Waals surface area contributed by atoms with Gasteiger partial charge in [-0.3, -0.25) is 19.9 Å². The van der Waals surface area contributed by atoms with Crippen LogP contribution in [0.5, 0.6) is 0 Å². The van der Waals surface area contributed by atoms with Crippen LogP contribution in [0.2, 0.25) is 0 Å². The Morgan fingerprint density at radius 3 is 2.84 bits per heavy atom. The molecule has 0 aliphatic rings. The van der Waals surface area contributed by atoms with E-state index in [2.05, 4.69) is 20.4 Å². The number of benzene rings is 1. The minimum atomic E-state index is -0.554. The van der Waals surface area contributed by atoms with Crippen LogP contribution in [-0.2, 0) is 6.42 Å². The number of hydrogen-bond donors (Lipinski definition) is 1. The van der Waals surface area contributed by atoms with Gasteiger partial charge in [-0.2, -0.15) is 5.10 Å². The zero-order valence-corrected chi connectivity index (χ0v) is 13.1. The Morgan fingerprint density at radius 1 is 1.28 bits per heavy atom. The van der Waals surface area contributed by atoms with E-state index in [-0.39, 0.29) is 22.8 Å². The molecule has 0 atom stereocenters. The lowest BCUT2D eigenvalue weighted by Crippen LogP contribution is -2.26. The number of nitrogens with one attached hydrogen (secondary N) is 1. The highest BCUT2D eigenvalue weighted by atomic mass is 16.6. The van der Waals surface area contributed by atoms with E-state index >= 15 is 0 Å². The van der Waals surface area contributed by atoms with Crippen molar-refractivity contribution in [3.05, 3.63) is 76.6 Å². The van der Waals surface area contributed by atoms with E-state index < -0.39 is 4.92 Å². The van der Waals surface area contributed by atoms with Crippen LogP contribution in [0.3, 0.4) is 0 Å². The highest BCUT2D eigenvalue weighted by Gasteiger charge is 2.19. The SMILES string of the molecule is O=C(NCCc1ccccn1)c1ccc(-n2cncn2)c([N+](=O)[O-])c1. The lowest BCUT2D eigenvalue weighted by atomic mass is 10.1. The molecule has 0 saturated heterocycles. The fourth-order valence-corrected chi connectivity index (χ4v) is 2.29. The topological polar surface area (TPSA) is 116 Å². The Morgan fingerprint density at radius 2 is 2.16 bits per heavy atom. The van der Waals surface area contributed by atoms with E-state index in [1.807, 2.05) is 18.2 Å². The number of hydrogen-bond acceptors (Lipinski definition) is 6. The van der Waals surface area contributed by atoms with Gasteiger partial charge in [0, 0.05) is 36.5 Å². The minimum Gasteiger partial charge on any atom is -0.352 e. The quantitative estimate of drug-likeness (QED) is 0.538. The van der Waals surface area contributed by atoms with Gasteiger partial charge in [-0.1, -0.05) is 6.07 Å². The highest BCUT2D eigenvalue weighted by Crippen LogP contribution is 2.23. The molecule has 0 bridgehead atoms. The zero-order valence-electron chi connectivity index (χ0n) is 13.1. The molecule has 0 spiro atoms. The van der Waals surface area contributed by atoms with Crippen LogP contribution in [0.15, 0.2) is 55.2 Å². The highest BCUT2D eigenvalue weighted by molar-refractivity contribution is 5.95. The third kappa shape index (κ3) is 3.83. The fraction of sp³-hybridized carbons (Fsp3) is 0.125. The van der Waals surface area contributed by atoms with Crippen molar-refractivity contribution in [3.8, 4) is 5.69 Å². The van der Waals surface area contributed by atoms with E-state index in [1.165, 1.54) is 35.5 Å². The van der Waals surface area contributed by atoms with Crippen molar-refractivity contribution in [2.24, 2.45) is 0 Å². The molecule has 9 heteroatoms. The third-order valence-electron chi connectivity index (χ3n) is 3.49. The van der Waals surface area contributed by atoms with Gasteiger partial charge in [0.05, 0.1) is 4.92 Å². The van der Waals surface area contributed by atoms with Gasteiger partial charge >= 0.3 is 0 Å². The van der Waals surface area contributed by atoms with E-state index in [4.69, 9.17) is 0 Å². The first-order valence-electron chi connectivity index (χ1n) is 7.46. The molecule has 0 radical (unpaired) electrons. The van der Waals surface area contributed by atoms with Gasteiger partial charge in [0.25, 0.3) is 11.6 Å². The second-order valence-electron chi connectivity index (χ2n) is 5.13. The van der Waals surface area contributed by atoms with Gasteiger partial charge in [-0.05, 0) is 24.3 Å². The number of carbonyl (C=O) groups excluding carboxylic acids is 1. The number of amides is 1. The monoisotopic (exact) mass is 338 g/mol. The number of pyridine rings is 1. The number of carbonyl (C=O) groups is 1. The molecule has 126 valence electrons. The molecule has 3 rings (SSSR count). The predicted molar refractivity (Wildman–Crippen MR) is 88.3 cm³/mol. The van der Waals surface area contributed by atoms with Crippen molar-refractivity contribution in [2.75, 3.05) is 6.54 Å². The van der Waals surface area contributed by atoms with Gasteiger partial charge in [-0.25, -0.2) is 9.67 Å². The summed E-state index contributed by atoms with van der Waals surface area (Å²) in [6, 6.07) is 9.77. The predicted octanol–water partition coefficient (Wildman–Crippen LogP) is 1.54. The van der Waals surface area contributed by atoms with Crippen LogP contribution >= 0.6 is 0 Å². The second kappa shape index (κ2) is 7.30. The van der Waals surface area contributed by atoms with Gasteiger partial charge in [0.15, 0.2) is 0 Å². The number of nitro benzene ring substituents is 1. The van der Waals surface area contributed by atoms with Gasteiger partial charge in [0.2, 0.25) is 0 Å². The van der Waals surface area contributed by atoms with Crippen LogP contribution in [-0.4, -0.2) is 37.1 Å². The number of aromatic nitrogens is 4. The number of nitrogens with zero attached hydrogens (tertiary/aromatic N) is 5. The lowest BCUT2D eigenvalue weighted by Gasteiger charge is -2.07. The van der Waals surface area contributed by atoms with Crippen LogP contribution in [0.4, 0.5) is 5.69 Å². The summed E-state index contributed by atoms with van der Waals surface area (Å²) < 4.78 is 1.28. The van der Waals surface area contributed by atoms with Crippen molar-refractivity contribution in [2.45, 2.75) is 6.42 Å².